The molecule has 0 saturated carbocycles. The van der Waals surface area contributed by atoms with Crippen molar-refractivity contribution in [3.63, 3.8) is 0 Å². The summed E-state index contributed by atoms with van der Waals surface area (Å²) in [6, 6.07) is 6.93. The van der Waals surface area contributed by atoms with Crippen molar-refractivity contribution < 1.29 is 9.18 Å². The third-order valence-corrected chi connectivity index (χ3v) is 2.51. The molecule has 2 aliphatic rings. The van der Waals surface area contributed by atoms with Gasteiger partial charge in [0.1, 0.15) is 5.84 Å². The van der Waals surface area contributed by atoms with Crippen LogP contribution in [0.5, 0.6) is 0 Å². The zero-order chi connectivity index (χ0) is 10.4. The van der Waals surface area contributed by atoms with Crippen LogP contribution in [0.15, 0.2) is 29.3 Å². The van der Waals surface area contributed by atoms with Gasteiger partial charge in [0.15, 0.2) is 0 Å². The molecule has 2 heterocycles. The van der Waals surface area contributed by atoms with Gasteiger partial charge in [0, 0.05) is 5.56 Å². The lowest BCUT2D eigenvalue weighted by atomic mass is 10.1. The zero-order valence-electron chi connectivity index (χ0n) is 7.77. The predicted octanol–water partition coefficient (Wildman–Crippen LogP) is 1.59. The number of amides is 2. The van der Waals surface area contributed by atoms with E-state index in [4.69, 9.17) is 0 Å². The summed E-state index contributed by atoms with van der Waals surface area (Å²) in [6.45, 7) is 0.00943. The van der Waals surface area contributed by atoms with E-state index < -0.39 is 6.30 Å². The minimum absolute atomic E-state index is 0.00943. The number of para-hydroxylation sites is 1. The molecular weight excluding hydrogens is 197 g/mol. The van der Waals surface area contributed by atoms with E-state index >= 15 is 0 Å². The highest BCUT2D eigenvalue weighted by atomic mass is 19.1. The number of urea groups is 1. The van der Waals surface area contributed by atoms with Crippen LogP contribution in [0.25, 0.3) is 0 Å². The Morgan fingerprint density at radius 3 is 3.13 bits per heavy atom. The molecule has 1 aromatic rings. The van der Waals surface area contributed by atoms with Crippen molar-refractivity contribution in [2.45, 2.75) is 6.30 Å². The SMILES string of the molecule is O=C1Nc2ccccc2C2=NC(F)CN12. The molecule has 0 fully saturated rings. The first-order chi connectivity index (χ1) is 7.25. The van der Waals surface area contributed by atoms with Gasteiger partial charge in [-0.25, -0.2) is 14.2 Å². The van der Waals surface area contributed by atoms with Crippen LogP contribution in [0, 0.1) is 0 Å². The van der Waals surface area contributed by atoms with Gasteiger partial charge in [0.2, 0.25) is 6.30 Å². The highest BCUT2D eigenvalue weighted by Gasteiger charge is 2.35. The van der Waals surface area contributed by atoms with E-state index in [-0.39, 0.29) is 12.6 Å². The third kappa shape index (κ3) is 1.12. The maximum atomic E-state index is 13.1. The van der Waals surface area contributed by atoms with Gasteiger partial charge < -0.3 is 5.32 Å². The number of aliphatic imine (C=N–C) groups is 1. The number of halogens is 1. The number of nitrogens with one attached hydrogen (secondary N) is 1. The summed E-state index contributed by atoms with van der Waals surface area (Å²) in [7, 11) is 0. The van der Waals surface area contributed by atoms with Gasteiger partial charge in [-0.15, -0.1) is 0 Å². The van der Waals surface area contributed by atoms with Crippen molar-refractivity contribution in [3.8, 4) is 0 Å². The van der Waals surface area contributed by atoms with Crippen LogP contribution in [-0.2, 0) is 0 Å². The van der Waals surface area contributed by atoms with E-state index in [1.54, 1.807) is 6.07 Å². The van der Waals surface area contributed by atoms with Crippen LogP contribution >= 0.6 is 0 Å². The molecule has 0 bridgehead atoms. The minimum Gasteiger partial charge on any atom is -0.307 e. The zero-order valence-corrected chi connectivity index (χ0v) is 7.77. The Hall–Kier alpha value is -1.91. The number of hydrogen-bond acceptors (Lipinski definition) is 2. The molecule has 5 heteroatoms. The molecule has 2 aliphatic heterocycles. The van der Waals surface area contributed by atoms with E-state index in [0.29, 0.717) is 11.5 Å². The molecule has 0 saturated heterocycles. The molecular formula is C10H8FN3O. The smallest absolute Gasteiger partial charge is 0.307 e. The van der Waals surface area contributed by atoms with Crippen LogP contribution in [-0.4, -0.2) is 29.6 Å². The summed E-state index contributed by atoms with van der Waals surface area (Å²) in [5.41, 5.74) is 1.46. The average Bonchev–Trinajstić information content (AvgIpc) is 2.61. The lowest BCUT2D eigenvalue weighted by Crippen LogP contribution is -2.42. The second-order valence-corrected chi connectivity index (χ2v) is 3.47. The highest BCUT2D eigenvalue weighted by molar-refractivity contribution is 6.19. The Balaban J connectivity index is 2.18. The van der Waals surface area contributed by atoms with Gasteiger partial charge in [0.05, 0.1) is 12.2 Å². The number of benzene rings is 1. The molecule has 4 nitrogen and oxygen atoms in total. The molecule has 15 heavy (non-hydrogen) atoms. The van der Waals surface area contributed by atoms with E-state index in [1.165, 1.54) is 4.90 Å². The molecule has 1 unspecified atom stereocenters. The minimum atomic E-state index is -1.31. The number of hydrogen-bond donors (Lipinski definition) is 1. The molecule has 76 valence electrons. The Labute approximate surface area is 85.4 Å². The van der Waals surface area contributed by atoms with Gasteiger partial charge >= 0.3 is 6.03 Å². The van der Waals surface area contributed by atoms with Crippen molar-refractivity contribution >= 4 is 17.6 Å². The van der Waals surface area contributed by atoms with Crippen LogP contribution in [0.4, 0.5) is 14.9 Å². The Morgan fingerprint density at radius 2 is 2.27 bits per heavy atom. The largest absolute Gasteiger partial charge is 0.327 e. The Morgan fingerprint density at radius 1 is 1.47 bits per heavy atom. The first-order valence-corrected chi connectivity index (χ1v) is 4.65. The molecule has 1 aromatic carbocycles. The van der Waals surface area contributed by atoms with Crippen LogP contribution in [0.3, 0.4) is 0 Å². The molecule has 0 radical (unpaired) electrons. The summed E-state index contributed by atoms with van der Waals surface area (Å²) in [5, 5.41) is 2.69. The topological polar surface area (TPSA) is 44.7 Å². The number of nitrogens with zero attached hydrogens (tertiary/aromatic N) is 2. The summed E-state index contributed by atoms with van der Waals surface area (Å²) in [5.74, 6) is 0.432. The van der Waals surface area contributed by atoms with Gasteiger partial charge in [-0.2, -0.15) is 0 Å². The van der Waals surface area contributed by atoms with E-state index in [0.717, 1.165) is 5.56 Å². The van der Waals surface area contributed by atoms with Gasteiger partial charge in [-0.05, 0) is 12.1 Å². The maximum Gasteiger partial charge on any atom is 0.327 e. The van der Waals surface area contributed by atoms with E-state index in [1.807, 2.05) is 18.2 Å². The number of carbonyl (C=O) groups excluding carboxylic acids is 1. The number of alkyl halides is 1. The maximum absolute atomic E-state index is 13.1. The predicted molar refractivity (Wildman–Crippen MR) is 53.6 cm³/mol. The van der Waals surface area contributed by atoms with E-state index in [9.17, 15) is 9.18 Å². The molecule has 2 amide bonds. The fraction of sp³-hybridized carbons (Fsp3) is 0.200. The second-order valence-electron chi connectivity index (χ2n) is 3.47. The monoisotopic (exact) mass is 205 g/mol. The number of amidine groups is 1. The van der Waals surface area contributed by atoms with Crippen molar-refractivity contribution in [2.24, 2.45) is 4.99 Å². The van der Waals surface area contributed by atoms with Crippen molar-refractivity contribution in [2.75, 3.05) is 11.9 Å². The summed E-state index contributed by atoms with van der Waals surface area (Å²) >= 11 is 0. The fourth-order valence-electron chi connectivity index (χ4n) is 1.84. The first kappa shape index (κ1) is 8.40. The molecule has 3 rings (SSSR count). The fourth-order valence-corrected chi connectivity index (χ4v) is 1.84. The quantitative estimate of drug-likeness (QED) is 0.642. The number of fused-ring (bicyclic) bond motifs is 3. The van der Waals surface area contributed by atoms with E-state index in [2.05, 4.69) is 10.3 Å². The van der Waals surface area contributed by atoms with Crippen LogP contribution in [0.1, 0.15) is 5.56 Å². The number of carbonyl (C=O) groups is 1. The Bertz CT molecular complexity index is 471. The molecule has 1 atom stereocenters. The summed E-state index contributed by atoms with van der Waals surface area (Å²) < 4.78 is 13.1. The summed E-state index contributed by atoms with van der Waals surface area (Å²) in [4.78, 5) is 16.7. The number of anilines is 1. The van der Waals surface area contributed by atoms with Crippen LogP contribution in [0.2, 0.25) is 0 Å². The molecule has 0 aromatic heterocycles. The molecule has 0 spiro atoms. The van der Waals surface area contributed by atoms with Crippen LogP contribution < -0.4 is 5.32 Å². The third-order valence-electron chi connectivity index (χ3n) is 2.51. The normalized spacial score (nSPS) is 23.0. The lowest BCUT2D eigenvalue weighted by Gasteiger charge is -2.25. The number of rotatable bonds is 0. The first-order valence-electron chi connectivity index (χ1n) is 4.65. The van der Waals surface area contributed by atoms with Crippen molar-refractivity contribution in [1.82, 2.24) is 4.90 Å². The van der Waals surface area contributed by atoms with Crippen molar-refractivity contribution in [1.29, 1.82) is 0 Å². The second kappa shape index (κ2) is 2.79. The summed E-state index contributed by atoms with van der Waals surface area (Å²) in [6.07, 6.45) is -1.31. The van der Waals surface area contributed by atoms with Gasteiger partial charge in [-0.3, -0.25) is 4.90 Å². The van der Waals surface area contributed by atoms with Gasteiger partial charge in [0.25, 0.3) is 0 Å². The average molecular weight is 205 g/mol. The van der Waals surface area contributed by atoms with Gasteiger partial charge in [-0.1, -0.05) is 12.1 Å². The molecule has 1 N–H and O–H groups in total. The molecule has 0 aliphatic carbocycles. The van der Waals surface area contributed by atoms with Crippen molar-refractivity contribution in [3.05, 3.63) is 29.8 Å². The lowest BCUT2D eigenvalue weighted by molar-refractivity contribution is 0.226. The Kier molecular flexibility index (Phi) is 1.56. The standard InChI is InChI=1S/C10H8FN3O/c11-8-5-14-9(13-8)6-3-1-2-4-7(6)12-10(14)15/h1-4,8H,5H2,(H,12,15). The highest BCUT2D eigenvalue weighted by Crippen LogP contribution is 2.27.